The largest absolute Gasteiger partial charge is 0.388 e. The van der Waals surface area contributed by atoms with E-state index < -0.39 is 0 Å². The summed E-state index contributed by atoms with van der Waals surface area (Å²) in [6.45, 7) is 5.68. The molecule has 1 aromatic rings. The molecular formula is C11H20N4O. The minimum Gasteiger partial charge on any atom is -0.388 e. The zero-order valence-electron chi connectivity index (χ0n) is 9.84. The van der Waals surface area contributed by atoms with E-state index in [2.05, 4.69) is 22.0 Å². The van der Waals surface area contributed by atoms with Crippen molar-refractivity contribution in [3.05, 3.63) is 12.2 Å². The van der Waals surface area contributed by atoms with Crippen LogP contribution in [-0.4, -0.2) is 44.4 Å². The Morgan fingerprint density at radius 2 is 2.19 bits per heavy atom. The van der Waals surface area contributed by atoms with Gasteiger partial charge in [-0.15, -0.1) is 10.2 Å². The van der Waals surface area contributed by atoms with Crippen molar-refractivity contribution >= 4 is 0 Å². The van der Waals surface area contributed by atoms with E-state index in [1.54, 1.807) is 6.33 Å². The number of aromatic nitrogens is 3. The summed E-state index contributed by atoms with van der Waals surface area (Å²) in [6.07, 6.45) is 5.22. The maximum Gasteiger partial charge on any atom is 0.158 e. The van der Waals surface area contributed by atoms with Gasteiger partial charge in [0.25, 0.3) is 0 Å². The Hall–Kier alpha value is -0.940. The molecule has 1 saturated heterocycles. The van der Waals surface area contributed by atoms with Crippen LogP contribution >= 0.6 is 0 Å². The molecule has 1 fully saturated rings. The lowest BCUT2D eigenvalue weighted by Gasteiger charge is -2.32. The van der Waals surface area contributed by atoms with Crippen LogP contribution in [0.1, 0.15) is 38.1 Å². The highest BCUT2D eigenvalue weighted by Gasteiger charge is 2.21. The smallest absolute Gasteiger partial charge is 0.158 e. The molecule has 2 rings (SSSR count). The van der Waals surface area contributed by atoms with E-state index >= 15 is 0 Å². The lowest BCUT2D eigenvalue weighted by Crippen LogP contribution is -2.35. The minimum absolute atomic E-state index is 0.0187. The first kappa shape index (κ1) is 11.5. The summed E-state index contributed by atoms with van der Waals surface area (Å²) in [5.74, 6) is 0.689. The second-order valence-corrected chi connectivity index (χ2v) is 4.39. The maximum atomic E-state index is 9.14. The van der Waals surface area contributed by atoms with E-state index in [4.69, 9.17) is 5.11 Å². The molecule has 1 aliphatic heterocycles. The molecule has 0 bridgehead atoms. The number of likely N-dealkylation sites (tertiary alicyclic amines) is 1. The molecule has 0 saturated carbocycles. The third-order valence-electron chi connectivity index (χ3n) is 3.28. The van der Waals surface area contributed by atoms with Gasteiger partial charge in [-0.2, -0.15) is 0 Å². The Bertz CT molecular complexity index is 318. The highest BCUT2D eigenvalue weighted by atomic mass is 16.3. The summed E-state index contributed by atoms with van der Waals surface area (Å²) >= 11 is 0. The Labute approximate surface area is 96.1 Å². The molecule has 2 heterocycles. The molecule has 0 radical (unpaired) electrons. The quantitative estimate of drug-likeness (QED) is 0.822. The molecule has 90 valence electrons. The zero-order valence-corrected chi connectivity index (χ0v) is 9.84. The molecule has 5 heteroatoms. The van der Waals surface area contributed by atoms with Crippen LogP contribution in [0.2, 0.25) is 0 Å². The fraction of sp³-hybridized carbons (Fsp3) is 0.818. The molecule has 0 aromatic carbocycles. The Balaban J connectivity index is 1.93. The average Bonchev–Trinajstić information content (AvgIpc) is 2.78. The van der Waals surface area contributed by atoms with Crippen molar-refractivity contribution in [2.45, 2.75) is 38.8 Å². The van der Waals surface area contributed by atoms with Crippen molar-refractivity contribution in [1.82, 2.24) is 19.7 Å². The summed E-state index contributed by atoms with van der Waals surface area (Å²) in [5.41, 5.74) is 0. The summed E-state index contributed by atoms with van der Waals surface area (Å²) in [5, 5.41) is 16.9. The van der Waals surface area contributed by atoms with Crippen molar-refractivity contribution in [3.63, 3.8) is 0 Å². The van der Waals surface area contributed by atoms with E-state index in [0.717, 1.165) is 25.9 Å². The summed E-state index contributed by atoms with van der Waals surface area (Å²) in [7, 11) is 0. The van der Waals surface area contributed by atoms with Crippen molar-refractivity contribution in [2.24, 2.45) is 0 Å². The van der Waals surface area contributed by atoms with E-state index in [1.165, 1.54) is 13.0 Å². The second-order valence-electron chi connectivity index (χ2n) is 4.39. The molecule has 0 amide bonds. The maximum absolute atomic E-state index is 9.14. The van der Waals surface area contributed by atoms with Crippen LogP contribution in [0.4, 0.5) is 0 Å². The monoisotopic (exact) mass is 224 g/mol. The fourth-order valence-corrected chi connectivity index (χ4v) is 2.42. The minimum atomic E-state index is -0.0187. The molecule has 1 aromatic heterocycles. The lowest BCUT2D eigenvalue weighted by molar-refractivity contribution is 0.179. The van der Waals surface area contributed by atoms with E-state index in [1.807, 2.05) is 4.57 Å². The number of hydrogen-bond donors (Lipinski definition) is 1. The summed E-state index contributed by atoms with van der Waals surface area (Å²) < 4.78 is 2.03. The molecule has 0 atom stereocenters. The molecular weight excluding hydrogens is 204 g/mol. The second kappa shape index (κ2) is 5.41. The molecule has 0 aliphatic carbocycles. The number of nitrogens with zero attached hydrogens (tertiary/aromatic N) is 4. The van der Waals surface area contributed by atoms with E-state index in [9.17, 15) is 0 Å². The Kier molecular flexibility index (Phi) is 3.90. The number of hydrogen-bond acceptors (Lipinski definition) is 4. The Morgan fingerprint density at radius 1 is 1.44 bits per heavy atom. The van der Waals surface area contributed by atoms with Gasteiger partial charge in [0.05, 0.1) is 0 Å². The number of rotatable bonds is 4. The normalized spacial score (nSPS) is 19.1. The molecule has 0 spiro atoms. The summed E-state index contributed by atoms with van der Waals surface area (Å²) in [6, 6.07) is 0.463. The van der Waals surface area contributed by atoms with Crippen molar-refractivity contribution in [3.8, 4) is 0 Å². The molecule has 0 unspecified atom stereocenters. The van der Waals surface area contributed by atoms with Gasteiger partial charge in [-0.05, 0) is 25.8 Å². The average molecular weight is 224 g/mol. The van der Waals surface area contributed by atoms with Crippen molar-refractivity contribution in [2.75, 3.05) is 19.6 Å². The number of aliphatic hydroxyl groups is 1. The van der Waals surface area contributed by atoms with Crippen LogP contribution < -0.4 is 0 Å². The molecule has 5 nitrogen and oxygen atoms in total. The van der Waals surface area contributed by atoms with Crippen LogP contribution in [0.25, 0.3) is 0 Å². The highest BCUT2D eigenvalue weighted by Crippen LogP contribution is 2.23. The predicted octanol–water partition coefficient (Wildman–Crippen LogP) is 0.817. The number of piperidine rings is 1. The van der Waals surface area contributed by atoms with Gasteiger partial charge in [-0.25, -0.2) is 0 Å². The molecule has 1 aliphatic rings. The SMILES string of the molecule is CCCN1CCC(n2cnnc2CO)CC1. The zero-order chi connectivity index (χ0) is 11.4. The van der Waals surface area contributed by atoms with Gasteiger partial charge in [-0.3, -0.25) is 0 Å². The van der Waals surface area contributed by atoms with Gasteiger partial charge in [0.15, 0.2) is 5.82 Å². The number of aliphatic hydroxyl groups excluding tert-OH is 1. The highest BCUT2D eigenvalue weighted by molar-refractivity contribution is 4.89. The van der Waals surface area contributed by atoms with Gasteiger partial charge in [-0.1, -0.05) is 6.92 Å². The lowest BCUT2D eigenvalue weighted by atomic mass is 10.0. The molecule has 1 N–H and O–H groups in total. The van der Waals surface area contributed by atoms with Gasteiger partial charge < -0.3 is 14.6 Å². The van der Waals surface area contributed by atoms with Crippen LogP contribution in [0.15, 0.2) is 6.33 Å². The Morgan fingerprint density at radius 3 is 2.81 bits per heavy atom. The topological polar surface area (TPSA) is 54.2 Å². The third-order valence-corrected chi connectivity index (χ3v) is 3.28. The van der Waals surface area contributed by atoms with Crippen molar-refractivity contribution in [1.29, 1.82) is 0 Å². The van der Waals surface area contributed by atoms with E-state index in [0.29, 0.717) is 11.9 Å². The predicted molar refractivity (Wildman–Crippen MR) is 60.9 cm³/mol. The van der Waals surface area contributed by atoms with Gasteiger partial charge in [0, 0.05) is 19.1 Å². The third kappa shape index (κ3) is 2.41. The first-order chi connectivity index (χ1) is 7.85. The molecule has 16 heavy (non-hydrogen) atoms. The first-order valence-corrected chi connectivity index (χ1v) is 6.06. The van der Waals surface area contributed by atoms with Gasteiger partial charge >= 0.3 is 0 Å². The van der Waals surface area contributed by atoms with Gasteiger partial charge in [0.1, 0.15) is 12.9 Å². The van der Waals surface area contributed by atoms with Crippen molar-refractivity contribution < 1.29 is 5.11 Å². The van der Waals surface area contributed by atoms with Crippen LogP contribution in [-0.2, 0) is 6.61 Å². The van der Waals surface area contributed by atoms with Crippen LogP contribution in [0.3, 0.4) is 0 Å². The van der Waals surface area contributed by atoms with E-state index in [-0.39, 0.29) is 6.61 Å². The van der Waals surface area contributed by atoms with Crippen LogP contribution in [0, 0.1) is 0 Å². The summed E-state index contributed by atoms with van der Waals surface area (Å²) in [4.78, 5) is 2.50. The fourth-order valence-electron chi connectivity index (χ4n) is 2.42. The van der Waals surface area contributed by atoms with Gasteiger partial charge in [0.2, 0.25) is 0 Å². The standard InChI is InChI=1S/C11H20N4O/c1-2-5-14-6-3-10(4-7-14)15-9-12-13-11(15)8-16/h9-10,16H,2-8H2,1H3. The first-order valence-electron chi connectivity index (χ1n) is 6.06. The van der Waals surface area contributed by atoms with Crippen LogP contribution in [0.5, 0.6) is 0 Å².